The molecule has 0 spiro atoms. The molecule has 368 valence electrons. The van der Waals surface area contributed by atoms with Crippen LogP contribution in [0, 0.1) is 13.8 Å². The minimum atomic E-state index is -0.745. The van der Waals surface area contributed by atoms with Crippen molar-refractivity contribution < 1.29 is 67.7 Å². The fraction of sp³-hybridized carbons (Fsp3) is 0.522. The molecule has 4 aromatic rings. The number of fused-ring (bicyclic) bond motifs is 2. The van der Waals surface area contributed by atoms with Gasteiger partial charge in [-0.15, -0.1) is 0 Å². The molecule has 0 radical (unpaired) electrons. The number of hydrogen-bond donors (Lipinski definition) is 5. The first-order valence-corrected chi connectivity index (χ1v) is 23.1. The van der Waals surface area contributed by atoms with E-state index < -0.39 is 23.9 Å². The Morgan fingerprint density at radius 3 is 1.39 bits per heavy atom. The molecular formula is C46H61BrN4O16. The lowest BCUT2D eigenvalue weighted by atomic mass is 10.0. The first-order chi connectivity index (χ1) is 32.4. The number of ether oxygens (including phenoxy) is 7. The second-order valence-electron chi connectivity index (χ2n) is 15.0. The van der Waals surface area contributed by atoms with Gasteiger partial charge in [0, 0.05) is 53.2 Å². The number of imide groups is 2. The third-order valence-electron chi connectivity index (χ3n) is 10.2. The van der Waals surface area contributed by atoms with E-state index in [0.29, 0.717) is 103 Å². The lowest BCUT2D eigenvalue weighted by Crippen LogP contribution is -2.44. The minimum absolute atomic E-state index is 0.00506. The number of carbonyl (C=O) groups excluding carboxylic acids is 4. The van der Waals surface area contributed by atoms with Crippen LogP contribution < -0.4 is 26.5 Å². The van der Waals surface area contributed by atoms with Crippen LogP contribution in [0.3, 0.4) is 0 Å². The number of pyridine rings is 2. The quantitative estimate of drug-likeness (QED) is 0.0383. The second-order valence-corrected chi connectivity index (χ2v) is 15.8. The molecule has 6 rings (SSSR count). The number of amides is 4. The molecular weight excluding hydrogens is 944 g/mol. The van der Waals surface area contributed by atoms with Crippen molar-refractivity contribution in [3.05, 3.63) is 80.4 Å². The van der Waals surface area contributed by atoms with Crippen molar-refractivity contribution in [2.45, 2.75) is 51.6 Å². The van der Waals surface area contributed by atoms with Crippen LogP contribution in [0.5, 0.6) is 11.5 Å². The van der Waals surface area contributed by atoms with Crippen molar-refractivity contribution in [1.29, 1.82) is 0 Å². The first-order valence-electron chi connectivity index (χ1n) is 21.9. The number of hydrogen-bond acceptors (Lipinski definition) is 16. The fourth-order valence-corrected chi connectivity index (χ4v) is 7.30. The average molecular weight is 1010 g/mol. The summed E-state index contributed by atoms with van der Waals surface area (Å²) in [5, 5.41) is 33.7. The van der Waals surface area contributed by atoms with Gasteiger partial charge in [0.25, 0.3) is 11.1 Å². The molecule has 2 aromatic heterocycles. The molecule has 20 nitrogen and oxygen atoms in total. The molecule has 0 aliphatic carbocycles. The smallest absolute Gasteiger partial charge is 0.252 e. The standard InChI is InChI=1S/C23H30N2O8.C15H14N2O4.C8H17BrO4/c1-16-14-22(28)25(19-4-5-21(27)24-23(19)29)20-15-17(2-3-18(16)20)33-13-12-32-11-10-31-9-8-30-7-6-26;1-8-6-14(20)17(11-4-5-13(19)16-15(11)21)12-7-9(18)2-3-10(8)12;9-1-3-11-5-7-13-8-6-12-4-2-10/h2-3,14-15,19,26H,4-13H2,1H3,(H,24,27,29);2-3,6-7,11,18H,4-5H2,1H3,(H,16,19,21);10H,1-8H2. The Bertz CT molecular complexity index is 2350. The normalized spacial score (nSPS) is 16.0. The number of halogens is 1. The number of aliphatic hydroxyl groups is 2. The fourth-order valence-electron chi connectivity index (χ4n) is 7.08. The molecule has 2 aromatic carbocycles. The van der Waals surface area contributed by atoms with E-state index in [1.54, 1.807) is 19.1 Å². The Balaban J connectivity index is 0.000000245. The molecule has 4 heterocycles. The summed E-state index contributed by atoms with van der Waals surface area (Å²) in [6, 6.07) is 11.6. The molecule has 2 aliphatic heterocycles. The number of aryl methyl sites for hydroxylation is 2. The van der Waals surface area contributed by atoms with Crippen LogP contribution in [0.4, 0.5) is 0 Å². The van der Waals surface area contributed by atoms with Gasteiger partial charge in [-0.05, 0) is 62.1 Å². The topological polar surface area (TPSA) is 262 Å². The summed E-state index contributed by atoms with van der Waals surface area (Å²) < 4.78 is 39.8. The van der Waals surface area contributed by atoms with E-state index in [-0.39, 0.29) is 67.6 Å². The third kappa shape index (κ3) is 17.5. The van der Waals surface area contributed by atoms with E-state index in [0.717, 1.165) is 27.2 Å². The summed E-state index contributed by atoms with van der Waals surface area (Å²) >= 11 is 3.25. The average Bonchev–Trinajstić information content (AvgIpc) is 3.29. The SMILES string of the molecule is Cc1cc(=O)n(C2CCC(=O)NC2=O)c2cc(O)ccc12.Cc1cc(=O)n(C2CCC(=O)NC2=O)c2cc(OCCOCCOCCOCCO)ccc12.OCCOCCOCCOCCBr. The van der Waals surface area contributed by atoms with Gasteiger partial charge in [-0.3, -0.25) is 48.5 Å². The van der Waals surface area contributed by atoms with E-state index >= 15 is 0 Å². The number of rotatable bonds is 24. The van der Waals surface area contributed by atoms with Gasteiger partial charge in [-0.25, -0.2) is 0 Å². The van der Waals surface area contributed by atoms with Gasteiger partial charge in [0.1, 0.15) is 30.2 Å². The van der Waals surface area contributed by atoms with E-state index in [1.165, 1.54) is 33.4 Å². The zero-order valence-corrected chi connectivity index (χ0v) is 39.4. The lowest BCUT2D eigenvalue weighted by molar-refractivity contribution is -0.137. The number of aliphatic hydroxyl groups excluding tert-OH is 2. The molecule has 5 N–H and O–H groups in total. The van der Waals surface area contributed by atoms with Crippen molar-refractivity contribution in [1.82, 2.24) is 19.8 Å². The maximum atomic E-state index is 12.8. The number of nitrogens with zero attached hydrogens (tertiary/aromatic N) is 2. The Morgan fingerprint density at radius 2 is 0.955 bits per heavy atom. The maximum Gasteiger partial charge on any atom is 0.252 e. The number of phenols is 1. The maximum absolute atomic E-state index is 12.8. The van der Waals surface area contributed by atoms with Crippen molar-refractivity contribution in [3.8, 4) is 11.5 Å². The van der Waals surface area contributed by atoms with Crippen molar-refractivity contribution in [2.24, 2.45) is 0 Å². The van der Waals surface area contributed by atoms with Gasteiger partial charge in [-0.1, -0.05) is 15.9 Å². The van der Waals surface area contributed by atoms with Crippen LogP contribution in [0.15, 0.2) is 58.1 Å². The van der Waals surface area contributed by atoms with E-state index in [2.05, 4.69) is 26.6 Å². The molecule has 2 unspecified atom stereocenters. The molecule has 2 fully saturated rings. The molecule has 21 heteroatoms. The largest absolute Gasteiger partial charge is 0.508 e. The molecule has 2 saturated heterocycles. The van der Waals surface area contributed by atoms with Crippen LogP contribution in [0.2, 0.25) is 0 Å². The monoisotopic (exact) mass is 1000 g/mol. The molecule has 0 bridgehead atoms. The highest BCUT2D eigenvalue weighted by Gasteiger charge is 2.31. The van der Waals surface area contributed by atoms with Crippen LogP contribution >= 0.6 is 15.9 Å². The molecule has 4 amide bonds. The summed E-state index contributed by atoms with van der Waals surface area (Å²) in [6.07, 6.45) is 0.928. The summed E-state index contributed by atoms with van der Waals surface area (Å²) in [5.74, 6) is -1.04. The minimum Gasteiger partial charge on any atom is -0.508 e. The molecule has 67 heavy (non-hydrogen) atoms. The summed E-state index contributed by atoms with van der Waals surface area (Å²) in [7, 11) is 0. The highest BCUT2D eigenvalue weighted by molar-refractivity contribution is 9.09. The Kier molecular flexibility index (Phi) is 24.1. The summed E-state index contributed by atoms with van der Waals surface area (Å²) in [5.41, 5.74) is 2.05. The van der Waals surface area contributed by atoms with Gasteiger partial charge in [0.15, 0.2) is 0 Å². The van der Waals surface area contributed by atoms with Crippen molar-refractivity contribution in [2.75, 3.05) is 104 Å². The molecule has 0 saturated carbocycles. The zero-order valence-electron chi connectivity index (χ0n) is 37.8. The van der Waals surface area contributed by atoms with Crippen LogP contribution in [-0.2, 0) is 47.6 Å². The third-order valence-corrected chi connectivity index (χ3v) is 10.5. The van der Waals surface area contributed by atoms with Crippen molar-refractivity contribution in [3.63, 3.8) is 0 Å². The van der Waals surface area contributed by atoms with Crippen LogP contribution in [-0.4, -0.2) is 153 Å². The predicted molar refractivity (Wildman–Crippen MR) is 249 cm³/mol. The number of nitrogens with one attached hydrogen (secondary N) is 2. The van der Waals surface area contributed by atoms with Gasteiger partial charge in [-0.2, -0.15) is 0 Å². The van der Waals surface area contributed by atoms with Gasteiger partial charge in [0.05, 0.1) is 104 Å². The number of piperidine rings is 2. The van der Waals surface area contributed by atoms with E-state index in [1.807, 2.05) is 19.1 Å². The predicted octanol–water partition coefficient (Wildman–Crippen LogP) is 2.13. The van der Waals surface area contributed by atoms with E-state index in [4.69, 9.17) is 43.4 Å². The summed E-state index contributed by atoms with van der Waals surface area (Å²) in [6.45, 7) is 9.74. The highest BCUT2D eigenvalue weighted by atomic mass is 79.9. The Morgan fingerprint density at radius 1 is 0.552 bits per heavy atom. The molecule has 2 aliphatic rings. The Labute approximate surface area is 395 Å². The van der Waals surface area contributed by atoms with E-state index in [9.17, 15) is 33.9 Å². The highest BCUT2D eigenvalue weighted by Crippen LogP contribution is 2.28. The number of aromatic hydroxyl groups is 1. The van der Waals surface area contributed by atoms with Gasteiger partial charge >= 0.3 is 0 Å². The number of aromatic nitrogens is 2. The van der Waals surface area contributed by atoms with Crippen molar-refractivity contribution >= 4 is 61.4 Å². The van der Waals surface area contributed by atoms with Gasteiger partial charge < -0.3 is 48.5 Å². The first kappa shape index (κ1) is 54.5. The van der Waals surface area contributed by atoms with Crippen LogP contribution in [0.25, 0.3) is 21.8 Å². The van der Waals surface area contributed by atoms with Crippen LogP contribution in [0.1, 0.15) is 48.9 Å². The summed E-state index contributed by atoms with van der Waals surface area (Å²) in [4.78, 5) is 72.2. The zero-order chi connectivity index (χ0) is 48.6. The molecule has 2 atom stereocenters. The number of phenolic OH excluding ortho intramolecular Hbond substituents is 1. The number of benzene rings is 2. The second kappa shape index (κ2) is 29.6. The Hall–Kier alpha value is -5.10. The number of alkyl halides is 1. The lowest BCUT2D eigenvalue weighted by Gasteiger charge is -2.25. The van der Waals surface area contributed by atoms with Gasteiger partial charge in [0.2, 0.25) is 23.6 Å². The number of carbonyl (C=O) groups is 4.